The molecule has 8 heteroatoms. The molecule has 0 radical (unpaired) electrons. The van der Waals surface area contributed by atoms with Crippen LogP contribution in [0.1, 0.15) is 18.1 Å². The van der Waals surface area contributed by atoms with E-state index in [1.54, 1.807) is 37.1 Å². The van der Waals surface area contributed by atoms with Crippen molar-refractivity contribution in [2.75, 3.05) is 6.54 Å². The predicted molar refractivity (Wildman–Crippen MR) is 77.6 cm³/mol. The SMILES string of the molecule is CCN(Cc1cnn(C)c1)S(=O)(=O)c1ccc(F)c(C#N)c1. The van der Waals surface area contributed by atoms with E-state index in [2.05, 4.69) is 5.10 Å². The summed E-state index contributed by atoms with van der Waals surface area (Å²) in [6.45, 7) is 2.12. The Hall–Kier alpha value is -2.24. The van der Waals surface area contributed by atoms with Crippen LogP contribution < -0.4 is 0 Å². The molecule has 1 aromatic heterocycles. The highest BCUT2D eigenvalue weighted by Gasteiger charge is 2.24. The lowest BCUT2D eigenvalue weighted by atomic mass is 10.2. The molecule has 6 nitrogen and oxygen atoms in total. The maximum atomic E-state index is 13.3. The zero-order valence-electron chi connectivity index (χ0n) is 12.2. The van der Waals surface area contributed by atoms with Gasteiger partial charge in [-0.1, -0.05) is 6.92 Å². The van der Waals surface area contributed by atoms with Crippen LogP contribution in [0.15, 0.2) is 35.5 Å². The molecule has 0 saturated heterocycles. The first-order chi connectivity index (χ1) is 10.4. The van der Waals surface area contributed by atoms with E-state index < -0.39 is 15.8 Å². The standard InChI is InChI=1S/C14H15FN4O2S/c1-3-19(10-11-8-17-18(2)9-11)22(20,21)13-4-5-14(15)12(6-13)7-16/h4-6,8-9H,3,10H2,1-2H3. The average molecular weight is 322 g/mol. The van der Waals surface area contributed by atoms with Crippen molar-refractivity contribution in [2.45, 2.75) is 18.4 Å². The summed E-state index contributed by atoms with van der Waals surface area (Å²) in [6, 6.07) is 4.85. The second-order valence-electron chi connectivity index (χ2n) is 4.71. The van der Waals surface area contributed by atoms with Gasteiger partial charge in [0.15, 0.2) is 0 Å². The highest BCUT2D eigenvalue weighted by atomic mass is 32.2. The molecule has 0 fully saturated rings. The molecular formula is C14H15FN4O2S. The fraction of sp³-hybridized carbons (Fsp3) is 0.286. The Morgan fingerprint density at radius 1 is 1.45 bits per heavy atom. The van der Waals surface area contributed by atoms with E-state index in [0.29, 0.717) is 0 Å². The smallest absolute Gasteiger partial charge is 0.243 e. The summed E-state index contributed by atoms with van der Waals surface area (Å²) in [5, 5.41) is 12.8. The molecule has 2 aromatic rings. The maximum Gasteiger partial charge on any atom is 0.243 e. The van der Waals surface area contributed by atoms with Gasteiger partial charge in [-0.2, -0.15) is 14.7 Å². The van der Waals surface area contributed by atoms with Crippen molar-refractivity contribution < 1.29 is 12.8 Å². The number of halogens is 1. The Bertz CT molecular complexity index is 824. The minimum absolute atomic E-state index is 0.101. The van der Waals surface area contributed by atoms with Crippen molar-refractivity contribution in [3.63, 3.8) is 0 Å². The number of rotatable bonds is 5. The van der Waals surface area contributed by atoms with Gasteiger partial charge in [0.2, 0.25) is 10.0 Å². The molecule has 0 N–H and O–H groups in total. The lowest BCUT2D eigenvalue weighted by Crippen LogP contribution is -2.30. The third-order valence-electron chi connectivity index (χ3n) is 3.17. The number of benzene rings is 1. The van der Waals surface area contributed by atoms with Crippen LogP contribution >= 0.6 is 0 Å². The first-order valence-electron chi connectivity index (χ1n) is 6.55. The Balaban J connectivity index is 2.36. The van der Waals surface area contributed by atoms with Crippen molar-refractivity contribution in [1.82, 2.24) is 14.1 Å². The van der Waals surface area contributed by atoms with Crippen molar-refractivity contribution in [3.05, 3.63) is 47.5 Å². The summed E-state index contributed by atoms with van der Waals surface area (Å²) in [7, 11) is -2.07. The van der Waals surface area contributed by atoms with Crippen LogP contribution in [0.3, 0.4) is 0 Å². The maximum absolute atomic E-state index is 13.3. The van der Waals surface area contributed by atoms with Crippen LogP contribution in [-0.4, -0.2) is 29.0 Å². The number of aromatic nitrogens is 2. The third-order valence-corrected chi connectivity index (χ3v) is 5.08. The van der Waals surface area contributed by atoms with Crippen LogP contribution in [-0.2, 0) is 23.6 Å². The molecule has 0 saturated carbocycles. The van der Waals surface area contributed by atoms with Crippen LogP contribution in [0.2, 0.25) is 0 Å². The lowest BCUT2D eigenvalue weighted by Gasteiger charge is -2.20. The van der Waals surface area contributed by atoms with E-state index in [-0.39, 0.29) is 23.5 Å². The molecule has 0 atom stereocenters. The van der Waals surface area contributed by atoms with Gasteiger partial charge in [-0.3, -0.25) is 4.68 Å². The highest BCUT2D eigenvalue weighted by Crippen LogP contribution is 2.20. The summed E-state index contributed by atoms with van der Waals surface area (Å²) in [5.41, 5.74) is 0.453. The van der Waals surface area contributed by atoms with Crippen molar-refractivity contribution in [1.29, 1.82) is 5.26 Å². The van der Waals surface area contributed by atoms with Crippen LogP contribution in [0.25, 0.3) is 0 Å². The van der Waals surface area contributed by atoms with Gasteiger partial charge >= 0.3 is 0 Å². The molecule has 116 valence electrons. The van der Waals surface area contributed by atoms with Gasteiger partial charge in [-0.25, -0.2) is 12.8 Å². The average Bonchev–Trinajstić information content (AvgIpc) is 2.90. The molecule has 0 bridgehead atoms. The largest absolute Gasteiger partial charge is 0.275 e. The van der Waals surface area contributed by atoms with E-state index in [4.69, 9.17) is 5.26 Å². The summed E-state index contributed by atoms with van der Waals surface area (Å²) < 4.78 is 41.4. The van der Waals surface area contributed by atoms with Crippen molar-refractivity contribution >= 4 is 10.0 Å². The molecule has 0 spiro atoms. The minimum atomic E-state index is -3.81. The molecule has 1 heterocycles. The summed E-state index contributed by atoms with van der Waals surface area (Å²) in [5.74, 6) is -0.739. The Morgan fingerprint density at radius 2 is 2.18 bits per heavy atom. The van der Waals surface area contributed by atoms with Gasteiger partial charge in [-0.15, -0.1) is 0 Å². The Labute approximate surface area is 128 Å². The zero-order chi connectivity index (χ0) is 16.3. The number of sulfonamides is 1. The fourth-order valence-electron chi connectivity index (χ4n) is 2.02. The Morgan fingerprint density at radius 3 is 2.73 bits per heavy atom. The number of nitrogens with zero attached hydrogens (tertiary/aromatic N) is 4. The van der Waals surface area contributed by atoms with E-state index in [1.807, 2.05) is 0 Å². The minimum Gasteiger partial charge on any atom is -0.275 e. The van der Waals surface area contributed by atoms with Crippen molar-refractivity contribution in [2.24, 2.45) is 7.05 Å². The number of hydrogen-bond acceptors (Lipinski definition) is 4. The third kappa shape index (κ3) is 3.16. The molecule has 22 heavy (non-hydrogen) atoms. The van der Waals surface area contributed by atoms with Gasteiger partial charge in [-0.05, 0) is 18.2 Å². The topological polar surface area (TPSA) is 79.0 Å². The van der Waals surface area contributed by atoms with Gasteiger partial charge < -0.3 is 0 Å². The van der Waals surface area contributed by atoms with E-state index >= 15 is 0 Å². The molecule has 0 aliphatic carbocycles. The molecule has 2 rings (SSSR count). The lowest BCUT2D eigenvalue weighted by molar-refractivity contribution is 0.423. The number of aryl methyl sites for hydroxylation is 1. The first kappa shape index (κ1) is 16.1. The molecule has 0 aliphatic heterocycles. The zero-order valence-corrected chi connectivity index (χ0v) is 13.0. The first-order valence-corrected chi connectivity index (χ1v) is 7.99. The molecule has 0 unspecified atom stereocenters. The predicted octanol–water partition coefficient (Wildman–Crippen LogP) is 1.64. The molecule has 0 amide bonds. The van der Waals surface area contributed by atoms with Crippen LogP contribution in [0.4, 0.5) is 4.39 Å². The normalized spacial score (nSPS) is 11.6. The molecule has 0 aliphatic rings. The van der Waals surface area contributed by atoms with Crippen LogP contribution in [0, 0.1) is 17.1 Å². The highest BCUT2D eigenvalue weighted by molar-refractivity contribution is 7.89. The second kappa shape index (κ2) is 6.25. The Kier molecular flexibility index (Phi) is 4.59. The van der Waals surface area contributed by atoms with Gasteiger partial charge in [0.1, 0.15) is 11.9 Å². The van der Waals surface area contributed by atoms with E-state index in [9.17, 15) is 12.8 Å². The fourth-order valence-corrected chi connectivity index (χ4v) is 3.49. The van der Waals surface area contributed by atoms with E-state index in [0.717, 1.165) is 23.8 Å². The van der Waals surface area contributed by atoms with Crippen LogP contribution in [0.5, 0.6) is 0 Å². The van der Waals surface area contributed by atoms with Gasteiger partial charge in [0, 0.05) is 31.9 Å². The van der Waals surface area contributed by atoms with Crippen molar-refractivity contribution in [3.8, 4) is 6.07 Å². The molecular weight excluding hydrogens is 307 g/mol. The summed E-state index contributed by atoms with van der Waals surface area (Å²) in [4.78, 5) is -0.101. The van der Waals surface area contributed by atoms with E-state index in [1.165, 1.54) is 4.31 Å². The van der Waals surface area contributed by atoms with Gasteiger partial charge in [0.05, 0.1) is 16.7 Å². The molecule has 1 aromatic carbocycles. The monoisotopic (exact) mass is 322 g/mol. The number of hydrogen-bond donors (Lipinski definition) is 0. The summed E-state index contributed by atoms with van der Waals surface area (Å²) in [6.07, 6.45) is 3.31. The quantitative estimate of drug-likeness (QED) is 0.838. The summed E-state index contributed by atoms with van der Waals surface area (Å²) >= 11 is 0. The van der Waals surface area contributed by atoms with Gasteiger partial charge in [0.25, 0.3) is 0 Å². The second-order valence-corrected chi connectivity index (χ2v) is 6.64. The number of nitriles is 1.